The molecule has 2 N–H and O–H groups in total. The van der Waals surface area contributed by atoms with Crippen molar-refractivity contribution in [2.75, 3.05) is 6.54 Å². The van der Waals surface area contributed by atoms with Crippen LogP contribution >= 0.6 is 0 Å². The molecule has 0 saturated carbocycles. The van der Waals surface area contributed by atoms with Gasteiger partial charge in [-0.1, -0.05) is 12.1 Å². The average Bonchev–Trinajstić information content (AvgIpc) is 1.96. The molecule has 1 aromatic carbocycles. The second-order valence-electron chi connectivity index (χ2n) is 3.80. The van der Waals surface area contributed by atoms with E-state index in [1.165, 1.54) is 12.0 Å². The van der Waals surface area contributed by atoms with Gasteiger partial charge >= 0.3 is 0 Å². The fraction of sp³-hybridized carbons (Fsp3) is 0.455. The van der Waals surface area contributed by atoms with Gasteiger partial charge in [0.15, 0.2) is 0 Å². The number of benzene rings is 1. The van der Waals surface area contributed by atoms with Gasteiger partial charge in [0, 0.05) is 6.04 Å². The van der Waals surface area contributed by atoms with Crippen LogP contribution in [0.3, 0.4) is 0 Å². The summed E-state index contributed by atoms with van der Waals surface area (Å²) in [4.78, 5) is 0. The number of phenols is 1. The van der Waals surface area contributed by atoms with Crippen molar-refractivity contribution in [1.82, 2.24) is 5.32 Å². The van der Waals surface area contributed by atoms with E-state index in [2.05, 4.69) is 17.4 Å². The number of hydrogen-bond acceptors (Lipinski definition) is 2. The van der Waals surface area contributed by atoms with Gasteiger partial charge in [-0.15, -0.1) is 0 Å². The first-order valence-electron chi connectivity index (χ1n) is 4.72. The summed E-state index contributed by atoms with van der Waals surface area (Å²) in [5.41, 5.74) is 3.26. The molecule has 0 radical (unpaired) electrons. The lowest BCUT2D eigenvalue weighted by molar-refractivity contribution is 0.382. The Morgan fingerprint density at radius 2 is 1.85 bits per heavy atom. The van der Waals surface area contributed by atoms with Gasteiger partial charge in [0.05, 0.1) is 0 Å². The summed E-state index contributed by atoms with van der Waals surface area (Å²) in [6.07, 6.45) is 1.21. The standard InChI is InChI=1S/C11H15NO/c1-7-5-9(10-3-4-12-10)6-8(2)11(7)13/h5-6,10,12-13H,3-4H2,1-2H3. The third-order valence-electron chi connectivity index (χ3n) is 2.74. The molecule has 0 amide bonds. The second kappa shape index (κ2) is 3.04. The van der Waals surface area contributed by atoms with E-state index in [1.807, 2.05) is 13.8 Å². The van der Waals surface area contributed by atoms with Gasteiger partial charge in [-0.05, 0) is 43.5 Å². The molecule has 13 heavy (non-hydrogen) atoms. The predicted octanol–water partition coefficient (Wildman–Crippen LogP) is 2.04. The zero-order valence-corrected chi connectivity index (χ0v) is 8.09. The SMILES string of the molecule is Cc1cc(C2CCN2)cc(C)c1O. The van der Waals surface area contributed by atoms with E-state index >= 15 is 0 Å². The number of aryl methyl sites for hydroxylation is 2. The molecule has 1 heterocycles. The van der Waals surface area contributed by atoms with Crippen molar-refractivity contribution in [2.24, 2.45) is 0 Å². The van der Waals surface area contributed by atoms with Gasteiger partial charge in [0.25, 0.3) is 0 Å². The largest absolute Gasteiger partial charge is 0.507 e. The first kappa shape index (κ1) is 8.57. The Kier molecular flexibility index (Phi) is 2.00. The van der Waals surface area contributed by atoms with Gasteiger partial charge in [0.1, 0.15) is 5.75 Å². The first-order valence-corrected chi connectivity index (χ1v) is 4.72. The van der Waals surface area contributed by atoms with E-state index in [1.54, 1.807) is 0 Å². The van der Waals surface area contributed by atoms with Crippen molar-refractivity contribution in [3.05, 3.63) is 28.8 Å². The second-order valence-corrected chi connectivity index (χ2v) is 3.80. The number of rotatable bonds is 1. The molecule has 1 aliphatic heterocycles. The minimum absolute atomic E-state index is 0.433. The number of phenolic OH excluding ortho intramolecular Hbond substituents is 1. The molecule has 1 atom stereocenters. The fourth-order valence-corrected chi connectivity index (χ4v) is 1.76. The zero-order chi connectivity index (χ0) is 9.42. The lowest BCUT2D eigenvalue weighted by atomic mass is 9.94. The molecule has 1 saturated heterocycles. The minimum Gasteiger partial charge on any atom is -0.507 e. The molecule has 1 aliphatic rings. The number of hydrogen-bond donors (Lipinski definition) is 2. The van der Waals surface area contributed by atoms with Crippen LogP contribution in [-0.4, -0.2) is 11.7 Å². The maximum atomic E-state index is 9.58. The van der Waals surface area contributed by atoms with E-state index in [-0.39, 0.29) is 0 Å². The summed E-state index contributed by atoms with van der Waals surface area (Å²) in [6, 6.07) is 4.65. The molecule has 2 rings (SSSR count). The highest BCUT2D eigenvalue weighted by atomic mass is 16.3. The molecule has 70 valence electrons. The Bertz CT molecular complexity index is 306. The van der Waals surface area contributed by atoms with Crippen LogP contribution in [0.2, 0.25) is 0 Å². The zero-order valence-electron chi connectivity index (χ0n) is 8.09. The Balaban J connectivity index is 2.37. The van der Waals surface area contributed by atoms with Gasteiger partial charge in [-0.3, -0.25) is 0 Å². The third-order valence-corrected chi connectivity index (χ3v) is 2.74. The molecule has 0 aliphatic carbocycles. The Morgan fingerprint density at radius 3 is 2.23 bits per heavy atom. The number of nitrogens with one attached hydrogen (secondary N) is 1. The van der Waals surface area contributed by atoms with Crippen molar-refractivity contribution in [2.45, 2.75) is 26.3 Å². The maximum Gasteiger partial charge on any atom is 0.121 e. The van der Waals surface area contributed by atoms with Gasteiger partial charge in [-0.2, -0.15) is 0 Å². The molecule has 1 unspecified atom stereocenters. The van der Waals surface area contributed by atoms with Crippen LogP contribution in [0.15, 0.2) is 12.1 Å². The molecule has 2 heteroatoms. The summed E-state index contributed by atoms with van der Waals surface area (Å²) in [5, 5.41) is 12.9. The normalized spacial score (nSPS) is 21.2. The summed E-state index contributed by atoms with van der Waals surface area (Å²) < 4.78 is 0. The quantitative estimate of drug-likeness (QED) is 0.688. The van der Waals surface area contributed by atoms with Crippen molar-refractivity contribution < 1.29 is 5.11 Å². The highest BCUT2D eigenvalue weighted by molar-refractivity contribution is 5.43. The highest BCUT2D eigenvalue weighted by Crippen LogP contribution is 2.29. The topological polar surface area (TPSA) is 32.3 Å². The summed E-state index contributed by atoms with van der Waals surface area (Å²) in [7, 11) is 0. The van der Waals surface area contributed by atoms with Crippen LogP contribution in [0.5, 0.6) is 5.75 Å². The van der Waals surface area contributed by atoms with Crippen molar-refractivity contribution in [3.8, 4) is 5.75 Å². The monoisotopic (exact) mass is 177 g/mol. The lowest BCUT2D eigenvalue weighted by Gasteiger charge is -2.28. The van der Waals surface area contributed by atoms with Crippen LogP contribution in [-0.2, 0) is 0 Å². The van der Waals surface area contributed by atoms with Crippen LogP contribution in [0.1, 0.15) is 29.2 Å². The number of aromatic hydroxyl groups is 1. The maximum absolute atomic E-state index is 9.58. The third kappa shape index (κ3) is 1.42. The summed E-state index contributed by atoms with van der Waals surface area (Å²) >= 11 is 0. The van der Waals surface area contributed by atoms with Gasteiger partial charge in [-0.25, -0.2) is 0 Å². The van der Waals surface area contributed by atoms with E-state index in [0.717, 1.165) is 17.7 Å². The summed E-state index contributed by atoms with van der Waals surface area (Å²) in [6.45, 7) is 5.01. The fourth-order valence-electron chi connectivity index (χ4n) is 1.76. The van der Waals surface area contributed by atoms with Crippen molar-refractivity contribution in [3.63, 3.8) is 0 Å². The van der Waals surface area contributed by atoms with Crippen LogP contribution < -0.4 is 5.32 Å². The molecule has 0 aromatic heterocycles. The Morgan fingerprint density at radius 1 is 1.31 bits per heavy atom. The minimum atomic E-state index is 0.433. The van der Waals surface area contributed by atoms with E-state index in [0.29, 0.717) is 11.8 Å². The average molecular weight is 177 g/mol. The first-order chi connectivity index (χ1) is 6.18. The Labute approximate surface area is 78.6 Å². The highest BCUT2D eigenvalue weighted by Gasteiger charge is 2.19. The van der Waals surface area contributed by atoms with Crippen molar-refractivity contribution >= 4 is 0 Å². The molecule has 1 fully saturated rings. The van der Waals surface area contributed by atoms with Crippen molar-refractivity contribution in [1.29, 1.82) is 0 Å². The molecule has 1 aromatic rings. The van der Waals surface area contributed by atoms with Crippen LogP contribution in [0.25, 0.3) is 0 Å². The molecule has 0 spiro atoms. The van der Waals surface area contributed by atoms with E-state index in [4.69, 9.17) is 0 Å². The van der Waals surface area contributed by atoms with Gasteiger partial charge < -0.3 is 10.4 Å². The van der Waals surface area contributed by atoms with Gasteiger partial charge in [0.2, 0.25) is 0 Å². The Hall–Kier alpha value is -1.02. The lowest BCUT2D eigenvalue weighted by Crippen LogP contribution is -2.34. The smallest absolute Gasteiger partial charge is 0.121 e. The van der Waals surface area contributed by atoms with E-state index in [9.17, 15) is 5.11 Å². The molecular formula is C11H15NO. The van der Waals surface area contributed by atoms with Crippen LogP contribution in [0.4, 0.5) is 0 Å². The van der Waals surface area contributed by atoms with Crippen LogP contribution in [0, 0.1) is 13.8 Å². The molecule has 0 bridgehead atoms. The van der Waals surface area contributed by atoms with E-state index < -0.39 is 0 Å². The predicted molar refractivity (Wildman–Crippen MR) is 52.9 cm³/mol. The molecular weight excluding hydrogens is 162 g/mol. The summed E-state index contributed by atoms with van der Waals surface area (Å²) in [5.74, 6) is 0.433. The molecule has 2 nitrogen and oxygen atoms in total.